The molecule has 7 nitrogen and oxygen atoms in total. The van der Waals surface area contributed by atoms with Crippen LogP contribution in [-0.4, -0.2) is 57.5 Å². The van der Waals surface area contributed by atoms with E-state index in [0.717, 1.165) is 42.0 Å². The van der Waals surface area contributed by atoms with E-state index in [1.165, 1.54) is 0 Å². The highest BCUT2D eigenvalue weighted by Crippen LogP contribution is 2.36. The van der Waals surface area contributed by atoms with Crippen LogP contribution in [0.3, 0.4) is 0 Å². The van der Waals surface area contributed by atoms with E-state index in [0.29, 0.717) is 6.42 Å². The first-order valence-electron chi connectivity index (χ1n) is 12.8. The number of carbonyl (C=O) groups is 2. The molecule has 196 valence electrons. The van der Waals surface area contributed by atoms with Crippen molar-refractivity contribution >= 4 is 29.2 Å². The number of nitrogens with zero attached hydrogens (tertiary/aromatic N) is 1. The van der Waals surface area contributed by atoms with Gasteiger partial charge in [-0.3, -0.25) is 9.59 Å². The Morgan fingerprint density at radius 2 is 1.86 bits per heavy atom. The number of aryl methyl sites for hydroxylation is 1. The lowest BCUT2D eigenvalue weighted by Crippen LogP contribution is -2.45. The standard InChI is InChI=1S/C27H41NO6S/c1-15-9-7-8-10-20-22(33-20)12-21(16(2)11-19-14-35-18(4)28-19)34-24(30)13-23(29)27(5,6)26(32)17(3)25(15)31/h11,14-15,17,20-23,25,29,31H,7-10,12-13H2,1-6H3/b16-11+/t15-,17+,20+,21-,22-,23-,25-/m0/s1. The van der Waals surface area contributed by atoms with E-state index in [1.54, 1.807) is 32.1 Å². The van der Waals surface area contributed by atoms with Crippen molar-refractivity contribution in [2.75, 3.05) is 0 Å². The van der Waals surface area contributed by atoms with Gasteiger partial charge >= 0.3 is 5.97 Å². The van der Waals surface area contributed by atoms with Crippen LogP contribution in [0, 0.1) is 24.2 Å². The quantitative estimate of drug-likeness (QED) is 0.449. The summed E-state index contributed by atoms with van der Waals surface area (Å²) in [6, 6.07) is 0. The second-order valence-corrected chi connectivity index (χ2v) is 12.0. The van der Waals surface area contributed by atoms with E-state index in [1.807, 2.05) is 32.2 Å². The first kappa shape index (κ1) is 28.0. The lowest BCUT2D eigenvalue weighted by molar-refractivity contribution is -0.154. The zero-order valence-electron chi connectivity index (χ0n) is 21.8. The maximum Gasteiger partial charge on any atom is 0.309 e. The Labute approximate surface area is 212 Å². The molecule has 0 radical (unpaired) electrons. The highest BCUT2D eigenvalue weighted by Gasteiger charge is 2.44. The number of fused-ring (bicyclic) bond motifs is 1. The molecule has 0 unspecified atom stereocenters. The van der Waals surface area contributed by atoms with Gasteiger partial charge in [0.25, 0.3) is 0 Å². The Morgan fingerprint density at radius 3 is 2.51 bits per heavy atom. The van der Waals surface area contributed by atoms with Gasteiger partial charge < -0.3 is 19.7 Å². The number of ketones is 1. The molecule has 2 aliphatic heterocycles. The Morgan fingerprint density at radius 1 is 1.17 bits per heavy atom. The highest BCUT2D eigenvalue weighted by molar-refractivity contribution is 7.09. The molecule has 0 aromatic carbocycles. The molecule has 3 heterocycles. The van der Waals surface area contributed by atoms with Gasteiger partial charge in [0.1, 0.15) is 11.9 Å². The van der Waals surface area contributed by atoms with Crippen LogP contribution >= 0.6 is 11.3 Å². The molecule has 7 atom stereocenters. The maximum absolute atomic E-state index is 13.2. The molecule has 35 heavy (non-hydrogen) atoms. The van der Waals surface area contributed by atoms with Crippen molar-refractivity contribution < 1.29 is 29.3 Å². The number of hydrogen-bond donors (Lipinski definition) is 2. The topological polar surface area (TPSA) is 109 Å². The predicted octanol–water partition coefficient (Wildman–Crippen LogP) is 4.48. The summed E-state index contributed by atoms with van der Waals surface area (Å²) < 4.78 is 11.7. The maximum atomic E-state index is 13.2. The molecule has 1 aromatic rings. The van der Waals surface area contributed by atoms with Gasteiger partial charge in [-0.2, -0.15) is 0 Å². The average molecular weight is 508 g/mol. The number of carbonyl (C=O) groups excluding carboxylic acids is 2. The second-order valence-electron chi connectivity index (χ2n) is 11.0. The molecule has 1 aromatic heterocycles. The van der Waals surface area contributed by atoms with Crippen molar-refractivity contribution in [2.24, 2.45) is 17.3 Å². The summed E-state index contributed by atoms with van der Waals surface area (Å²) in [5.74, 6) is -1.49. The van der Waals surface area contributed by atoms with Crippen LogP contribution < -0.4 is 0 Å². The third-order valence-electron chi connectivity index (χ3n) is 7.66. The third kappa shape index (κ3) is 7.21. The summed E-state index contributed by atoms with van der Waals surface area (Å²) in [6.45, 7) is 10.8. The average Bonchev–Trinajstić information content (AvgIpc) is 3.41. The first-order valence-corrected chi connectivity index (χ1v) is 13.6. The fourth-order valence-electron chi connectivity index (χ4n) is 4.95. The van der Waals surface area contributed by atoms with Crippen LogP contribution in [0.1, 0.15) is 83.8 Å². The molecule has 0 bridgehead atoms. The van der Waals surface area contributed by atoms with E-state index in [-0.39, 0.29) is 30.3 Å². The number of cyclic esters (lactones) is 1. The largest absolute Gasteiger partial charge is 0.458 e. The fraction of sp³-hybridized carbons (Fsp3) is 0.741. The van der Waals surface area contributed by atoms with Gasteiger partial charge in [0, 0.05) is 17.7 Å². The fourth-order valence-corrected chi connectivity index (χ4v) is 5.52. The SMILES string of the molecule is C/C(=C\c1csc(C)n1)[C@@H]1C[C@@H]2O[C@@H]2CCCC[C@H](C)[C@H](O)[C@@H](C)C(=O)C(C)(C)[C@@H](O)CC(=O)O1. The van der Waals surface area contributed by atoms with E-state index in [2.05, 4.69) is 4.98 Å². The number of esters is 1. The Balaban J connectivity index is 1.80. The molecule has 2 N–H and O–H groups in total. The Bertz CT molecular complexity index is 925. The number of rotatable bonds is 2. The predicted molar refractivity (Wildman–Crippen MR) is 136 cm³/mol. The van der Waals surface area contributed by atoms with Crippen molar-refractivity contribution in [3.8, 4) is 0 Å². The molecule has 0 aliphatic carbocycles. The number of aliphatic hydroxyl groups excluding tert-OH is 2. The van der Waals surface area contributed by atoms with Crippen LogP contribution in [0.15, 0.2) is 11.0 Å². The van der Waals surface area contributed by atoms with Crippen LogP contribution in [-0.2, 0) is 19.1 Å². The third-order valence-corrected chi connectivity index (χ3v) is 8.45. The second kappa shape index (κ2) is 11.6. The van der Waals surface area contributed by atoms with Gasteiger partial charge in [-0.15, -0.1) is 11.3 Å². The van der Waals surface area contributed by atoms with Crippen molar-refractivity contribution in [3.05, 3.63) is 21.7 Å². The van der Waals surface area contributed by atoms with E-state index in [9.17, 15) is 19.8 Å². The molecule has 3 rings (SSSR count). The molecule has 0 amide bonds. The normalized spacial score (nSPS) is 35.7. The number of thiazole rings is 1. The zero-order valence-corrected chi connectivity index (χ0v) is 22.6. The summed E-state index contributed by atoms with van der Waals surface area (Å²) in [5, 5.41) is 24.6. The van der Waals surface area contributed by atoms with Crippen molar-refractivity contribution in [1.29, 1.82) is 0 Å². The lowest BCUT2D eigenvalue weighted by Gasteiger charge is -2.34. The van der Waals surface area contributed by atoms with Gasteiger partial charge in [0.2, 0.25) is 0 Å². The number of ether oxygens (including phenoxy) is 2. The monoisotopic (exact) mass is 507 g/mol. The Hall–Kier alpha value is -1.61. The van der Waals surface area contributed by atoms with Gasteiger partial charge in [0.05, 0.1) is 47.0 Å². The minimum atomic E-state index is -1.22. The molecule has 2 aliphatic rings. The number of aliphatic hydroxyl groups is 2. The van der Waals surface area contributed by atoms with Crippen LogP contribution in [0.2, 0.25) is 0 Å². The van der Waals surface area contributed by atoms with Gasteiger partial charge in [-0.25, -0.2) is 4.98 Å². The van der Waals surface area contributed by atoms with Crippen molar-refractivity contribution in [1.82, 2.24) is 4.98 Å². The minimum absolute atomic E-state index is 0.0231. The van der Waals surface area contributed by atoms with Gasteiger partial charge in [-0.05, 0) is 44.3 Å². The number of epoxide rings is 1. The van der Waals surface area contributed by atoms with Crippen LogP contribution in [0.25, 0.3) is 6.08 Å². The molecular weight excluding hydrogens is 466 g/mol. The van der Waals surface area contributed by atoms with Crippen LogP contribution in [0.5, 0.6) is 0 Å². The van der Waals surface area contributed by atoms with E-state index < -0.39 is 35.6 Å². The summed E-state index contributed by atoms with van der Waals surface area (Å²) in [4.78, 5) is 30.6. The number of hydrogen-bond acceptors (Lipinski definition) is 8. The van der Waals surface area contributed by atoms with E-state index in [4.69, 9.17) is 9.47 Å². The summed E-state index contributed by atoms with van der Waals surface area (Å²) in [6.07, 6.45) is 3.48. The molecular formula is C27H41NO6S. The first-order chi connectivity index (χ1) is 16.4. The smallest absolute Gasteiger partial charge is 0.309 e. The highest BCUT2D eigenvalue weighted by atomic mass is 32.1. The summed E-state index contributed by atoms with van der Waals surface area (Å²) in [5.41, 5.74) is 0.494. The summed E-state index contributed by atoms with van der Waals surface area (Å²) >= 11 is 1.56. The van der Waals surface area contributed by atoms with Crippen molar-refractivity contribution in [3.63, 3.8) is 0 Å². The molecule has 2 fully saturated rings. The van der Waals surface area contributed by atoms with Crippen LogP contribution in [0.4, 0.5) is 0 Å². The zero-order chi connectivity index (χ0) is 25.9. The lowest BCUT2D eigenvalue weighted by atomic mass is 9.73. The van der Waals surface area contributed by atoms with Gasteiger partial charge in [-0.1, -0.05) is 40.5 Å². The molecule has 0 spiro atoms. The molecule has 8 heteroatoms. The number of aromatic nitrogens is 1. The molecule has 0 saturated carbocycles. The number of Topliss-reactive ketones (excluding diaryl/α,β-unsaturated/α-hetero) is 1. The van der Waals surface area contributed by atoms with Crippen molar-refractivity contribution in [2.45, 2.75) is 111 Å². The van der Waals surface area contributed by atoms with Gasteiger partial charge in [0.15, 0.2) is 0 Å². The Kier molecular flexibility index (Phi) is 9.29. The molecule has 2 saturated heterocycles. The van der Waals surface area contributed by atoms with E-state index >= 15 is 0 Å². The minimum Gasteiger partial charge on any atom is -0.458 e. The summed E-state index contributed by atoms with van der Waals surface area (Å²) in [7, 11) is 0.